The van der Waals surface area contributed by atoms with Crippen LogP contribution in [-0.4, -0.2) is 25.4 Å². The summed E-state index contributed by atoms with van der Waals surface area (Å²) in [6.07, 6.45) is 0. The molecule has 0 aromatic heterocycles. The van der Waals surface area contributed by atoms with E-state index in [-0.39, 0.29) is 5.56 Å². The molecule has 2 aromatic carbocycles. The van der Waals surface area contributed by atoms with Crippen molar-refractivity contribution in [3.8, 4) is 0 Å². The summed E-state index contributed by atoms with van der Waals surface area (Å²) in [5.74, 6) is -1.73. The number of rotatable bonds is 4. The summed E-state index contributed by atoms with van der Waals surface area (Å²) in [5, 5.41) is 0. The first-order valence-electron chi connectivity index (χ1n) is 7.49. The van der Waals surface area contributed by atoms with Crippen molar-refractivity contribution in [1.29, 1.82) is 0 Å². The number of halogens is 1. The van der Waals surface area contributed by atoms with E-state index >= 15 is 0 Å². The van der Waals surface area contributed by atoms with Crippen LogP contribution in [-0.2, 0) is 11.3 Å². The number of aryl methyl sites for hydroxylation is 1. The number of fused-ring (bicyclic) bond motifs is 1. The van der Waals surface area contributed by atoms with E-state index < -0.39 is 17.5 Å². The lowest BCUT2D eigenvalue weighted by Crippen LogP contribution is -3.09. The van der Waals surface area contributed by atoms with Crippen LogP contribution < -0.4 is 9.80 Å². The maximum absolute atomic E-state index is 13.3. The molecule has 5 heteroatoms. The first kappa shape index (κ1) is 15.4. The van der Waals surface area contributed by atoms with Gasteiger partial charge in [0.1, 0.15) is 12.4 Å². The molecule has 0 radical (unpaired) electrons. The molecule has 1 heterocycles. The molecule has 4 nitrogen and oxygen atoms in total. The predicted molar refractivity (Wildman–Crippen MR) is 84.9 cm³/mol. The van der Waals surface area contributed by atoms with E-state index in [0.717, 1.165) is 17.5 Å². The summed E-state index contributed by atoms with van der Waals surface area (Å²) < 4.78 is 13.3. The van der Waals surface area contributed by atoms with Gasteiger partial charge in [-0.15, -0.1) is 0 Å². The molecule has 2 aromatic rings. The highest BCUT2D eigenvalue weighted by Crippen LogP contribution is 2.28. The summed E-state index contributed by atoms with van der Waals surface area (Å²) >= 11 is 0. The molecule has 0 spiro atoms. The molecule has 0 fully saturated rings. The molecule has 1 unspecified atom stereocenters. The van der Waals surface area contributed by atoms with Crippen molar-refractivity contribution < 1.29 is 18.9 Å². The zero-order valence-corrected chi connectivity index (χ0v) is 13.1. The Balaban J connectivity index is 1.79. The van der Waals surface area contributed by atoms with Crippen LogP contribution in [0.5, 0.6) is 0 Å². The summed E-state index contributed by atoms with van der Waals surface area (Å²) in [7, 11) is 1.96. The number of carbonyl (C=O) groups is 2. The monoisotopic (exact) mass is 313 g/mol. The largest absolute Gasteiger partial charge is 0.316 e. The lowest BCUT2D eigenvalue weighted by molar-refractivity contribution is -0.892. The van der Waals surface area contributed by atoms with Crippen LogP contribution in [0.3, 0.4) is 0 Å². The van der Waals surface area contributed by atoms with Gasteiger partial charge in [-0.05, 0) is 30.7 Å². The van der Waals surface area contributed by atoms with E-state index in [0.29, 0.717) is 12.4 Å². The van der Waals surface area contributed by atoms with Gasteiger partial charge in [0.05, 0.1) is 18.3 Å². The summed E-state index contributed by atoms with van der Waals surface area (Å²) in [6, 6.07) is 12.0. The molecule has 1 N–H and O–H groups in total. The number of hydrogen-bond acceptors (Lipinski definition) is 2. The minimum atomic E-state index is -0.636. The summed E-state index contributed by atoms with van der Waals surface area (Å²) in [6.45, 7) is 3.14. The van der Waals surface area contributed by atoms with E-state index in [9.17, 15) is 14.0 Å². The van der Waals surface area contributed by atoms with Crippen LogP contribution in [0.1, 0.15) is 21.5 Å². The average Bonchev–Trinajstić information content (AvgIpc) is 2.74. The van der Waals surface area contributed by atoms with Gasteiger partial charge in [0.25, 0.3) is 5.78 Å². The third-order valence-electron chi connectivity index (χ3n) is 4.11. The fourth-order valence-corrected chi connectivity index (χ4v) is 2.89. The molecule has 0 aliphatic carbocycles. The number of ketones is 1. The second-order valence-electron chi connectivity index (χ2n) is 5.94. The van der Waals surface area contributed by atoms with Crippen molar-refractivity contribution in [1.82, 2.24) is 0 Å². The van der Waals surface area contributed by atoms with Crippen molar-refractivity contribution in [2.24, 2.45) is 0 Å². The van der Waals surface area contributed by atoms with Gasteiger partial charge in [0.2, 0.25) is 0 Å². The first-order chi connectivity index (χ1) is 11.0. The molecule has 23 heavy (non-hydrogen) atoms. The molecular weight excluding hydrogens is 295 g/mol. The fraction of sp³-hybridized carbons (Fsp3) is 0.222. The minimum absolute atomic E-state index is 0.152. The van der Waals surface area contributed by atoms with E-state index in [1.165, 1.54) is 28.2 Å². The molecule has 1 amide bonds. The standard InChI is InChI=1S/C18H17FN2O2/c1-12-5-3-4-6-13(12)10-20(2)11-21-16-8-7-14(19)9-15(16)17(22)18(21)23/h3-9H,10-11H2,1-2H3/p+1. The van der Waals surface area contributed by atoms with E-state index in [2.05, 4.69) is 6.07 Å². The Morgan fingerprint density at radius 1 is 1.13 bits per heavy atom. The molecule has 1 atom stereocenters. The number of benzene rings is 2. The second kappa shape index (κ2) is 5.93. The summed E-state index contributed by atoms with van der Waals surface area (Å²) in [5.41, 5.74) is 3.03. The number of hydrogen-bond donors (Lipinski definition) is 1. The van der Waals surface area contributed by atoms with Crippen LogP contribution >= 0.6 is 0 Å². The lowest BCUT2D eigenvalue weighted by Gasteiger charge is -2.22. The fourth-order valence-electron chi connectivity index (χ4n) is 2.89. The molecule has 0 saturated carbocycles. The van der Waals surface area contributed by atoms with E-state index in [1.54, 1.807) is 0 Å². The maximum atomic E-state index is 13.3. The van der Waals surface area contributed by atoms with Crippen molar-refractivity contribution in [3.63, 3.8) is 0 Å². The Bertz CT molecular complexity index is 788. The number of nitrogens with zero attached hydrogens (tertiary/aromatic N) is 1. The minimum Gasteiger partial charge on any atom is -0.316 e. The van der Waals surface area contributed by atoms with Crippen LogP contribution in [0.4, 0.5) is 10.1 Å². The van der Waals surface area contributed by atoms with Crippen LogP contribution in [0, 0.1) is 12.7 Å². The van der Waals surface area contributed by atoms with Crippen molar-refractivity contribution in [2.75, 3.05) is 18.6 Å². The first-order valence-corrected chi connectivity index (χ1v) is 7.49. The number of nitrogens with one attached hydrogen (secondary N) is 1. The third-order valence-corrected chi connectivity index (χ3v) is 4.11. The molecule has 1 aliphatic rings. The highest BCUT2D eigenvalue weighted by Gasteiger charge is 2.37. The Labute approximate surface area is 134 Å². The Morgan fingerprint density at radius 3 is 2.61 bits per heavy atom. The molecule has 0 saturated heterocycles. The topological polar surface area (TPSA) is 41.8 Å². The number of quaternary nitrogens is 1. The lowest BCUT2D eigenvalue weighted by atomic mass is 10.1. The molecule has 3 rings (SSSR count). The Hall–Kier alpha value is -2.53. The molecule has 0 bridgehead atoms. The number of anilines is 1. The van der Waals surface area contributed by atoms with Gasteiger partial charge < -0.3 is 4.90 Å². The van der Waals surface area contributed by atoms with Gasteiger partial charge in [0, 0.05) is 5.56 Å². The van der Waals surface area contributed by atoms with Gasteiger partial charge >= 0.3 is 5.91 Å². The number of carbonyl (C=O) groups excluding carboxylic acids is 2. The number of Topliss-reactive ketones (excluding diaryl/α,β-unsaturated/α-hetero) is 1. The second-order valence-corrected chi connectivity index (χ2v) is 5.94. The Morgan fingerprint density at radius 2 is 1.87 bits per heavy atom. The maximum Gasteiger partial charge on any atom is 0.303 e. The van der Waals surface area contributed by atoms with Crippen molar-refractivity contribution in [3.05, 3.63) is 65.0 Å². The smallest absolute Gasteiger partial charge is 0.303 e. The quantitative estimate of drug-likeness (QED) is 0.866. The average molecular weight is 313 g/mol. The van der Waals surface area contributed by atoms with Gasteiger partial charge in [-0.2, -0.15) is 0 Å². The SMILES string of the molecule is Cc1ccccc1C[NH+](C)CN1C(=O)C(=O)c2cc(F)ccc21. The summed E-state index contributed by atoms with van der Waals surface area (Å²) in [4.78, 5) is 26.7. The Kier molecular flexibility index (Phi) is 3.96. The predicted octanol–water partition coefficient (Wildman–Crippen LogP) is 1.34. The molecule has 118 valence electrons. The van der Waals surface area contributed by atoms with Gasteiger partial charge in [-0.1, -0.05) is 24.3 Å². The number of amides is 1. The van der Waals surface area contributed by atoms with Crippen molar-refractivity contribution in [2.45, 2.75) is 13.5 Å². The third kappa shape index (κ3) is 2.87. The van der Waals surface area contributed by atoms with Gasteiger partial charge in [-0.3, -0.25) is 14.5 Å². The zero-order valence-electron chi connectivity index (χ0n) is 13.1. The highest BCUT2D eigenvalue weighted by molar-refractivity contribution is 6.52. The highest BCUT2D eigenvalue weighted by atomic mass is 19.1. The normalized spacial score (nSPS) is 15.0. The van der Waals surface area contributed by atoms with Crippen LogP contribution in [0.2, 0.25) is 0 Å². The van der Waals surface area contributed by atoms with Gasteiger partial charge in [0.15, 0.2) is 6.67 Å². The van der Waals surface area contributed by atoms with E-state index in [1.807, 2.05) is 32.2 Å². The molecular formula is C18H18FN2O2+. The zero-order chi connectivity index (χ0) is 16.6. The van der Waals surface area contributed by atoms with Crippen LogP contribution in [0.25, 0.3) is 0 Å². The van der Waals surface area contributed by atoms with E-state index in [4.69, 9.17) is 0 Å². The van der Waals surface area contributed by atoms with Crippen molar-refractivity contribution >= 4 is 17.4 Å². The van der Waals surface area contributed by atoms with Crippen LogP contribution in [0.15, 0.2) is 42.5 Å². The van der Waals surface area contributed by atoms with Gasteiger partial charge in [-0.25, -0.2) is 4.39 Å². The molecule has 1 aliphatic heterocycles.